The first-order valence-corrected chi connectivity index (χ1v) is 5.15. The van der Waals surface area contributed by atoms with Crippen LogP contribution in [0.1, 0.15) is 17.7 Å². The molecular formula is C13H12N2O2. The number of rotatable bonds is 2. The van der Waals surface area contributed by atoms with Crippen molar-refractivity contribution in [3.05, 3.63) is 47.5 Å². The third kappa shape index (κ3) is 2.23. The minimum atomic E-state index is 0.160. The lowest BCUT2D eigenvalue weighted by molar-refractivity contribution is 0.307. The summed E-state index contributed by atoms with van der Waals surface area (Å²) in [6.45, 7) is 0. The van der Waals surface area contributed by atoms with Gasteiger partial charge >= 0.3 is 0 Å². The zero-order valence-electron chi connectivity index (χ0n) is 9.43. The summed E-state index contributed by atoms with van der Waals surface area (Å²) >= 11 is 0. The van der Waals surface area contributed by atoms with E-state index >= 15 is 0 Å². The molecule has 0 amide bonds. The van der Waals surface area contributed by atoms with Crippen molar-refractivity contribution in [2.24, 2.45) is 0 Å². The number of methoxy groups -OCH3 is 1. The van der Waals surface area contributed by atoms with Gasteiger partial charge in [0.15, 0.2) is 0 Å². The first-order chi connectivity index (χ1) is 8.24. The van der Waals surface area contributed by atoms with E-state index in [1.54, 1.807) is 13.2 Å². The van der Waals surface area contributed by atoms with Crippen LogP contribution in [0.15, 0.2) is 40.5 Å². The van der Waals surface area contributed by atoms with Crippen molar-refractivity contribution in [1.82, 2.24) is 0 Å². The fraction of sp³-hybridized carbons (Fsp3) is 0.154. The number of hydrogen-bond acceptors (Lipinski definition) is 4. The summed E-state index contributed by atoms with van der Waals surface area (Å²) in [7, 11) is 1.62. The van der Waals surface area contributed by atoms with E-state index < -0.39 is 0 Å². The van der Waals surface area contributed by atoms with Gasteiger partial charge in [-0.1, -0.05) is 12.2 Å². The van der Waals surface area contributed by atoms with Crippen molar-refractivity contribution >= 4 is 11.5 Å². The lowest BCUT2D eigenvalue weighted by atomic mass is 10.1. The Balaban J connectivity index is 2.35. The Hall–Kier alpha value is -2.41. The summed E-state index contributed by atoms with van der Waals surface area (Å²) in [6.07, 6.45) is 8.32. The van der Waals surface area contributed by atoms with Crippen LogP contribution in [0.5, 0.6) is 0 Å². The molecule has 2 rings (SSSR count). The van der Waals surface area contributed by atoms with Crippen LogP contribution in [0.3, 0.4) is 0 Å². The summed E-state index contributed by atoms with van der Waals surface area (Å²) in [5, 5.41) is 8.81. The zero-order valence-corrected chi connectivity index (χ0v) is 9.43. The van der Waals surface area contributed by atoms with Crippen molar-refractivity contribution < 1.29 is 9.15 Å². The molecule has 4 heteroatoms. The highest BCUT2D eigenvalue weighted by Gasteiger charge is 2.11. The van der Waals surface area contributed by atoms with E-state index in [0.717, 1.165) is 11.3 Å². The Bertz CT molecular complexity index is 556. The highest BCUT2D eigenvalue weighted by molar-refractivity contribution is 5.69. The third-order valence-corrected chi connectivity index (χ3v) is 2.50. The fourth-order valence-corrected chi connectivity index (χ4v) is 1.58. The predicted molar refractivity (Wildman–Crippen MR) is 64.7 cm³/mol. The maximum absolute atomic E-state index is 8.81. The number of anilines is 1. The van der Waals surface area contributed by atoms with Crippen LogP contribution in [0.25, 0.3) is 5.57 Å². The molecule has 4 nitrogen and oxygen atoms in total. The highest BCUT2D eigenvalue weighted by atomic mass is 16.5. The average molecular weight is 228 g/mol. The van der Waals surface area contributed by atoms with Gasteiger partial charge in [0.05, 0.1) is 7.11 Å². The van der Waals surface area contributed by atoms with Gasteiger partial charge in [0.1, 0.15) is 23.2 Å². The van der Waals surface area contributed by atoms with Gasteiger partial charge in [0.2, 0.25) is 5.88 Å². The molecule has 17 heavy (non-hydrogen) atoms. The summed E-state index contributed by atoms with van der Waals surface area (Å²) in [5.41, 5.74) is 6.90. The Morgan fingerprint density at radius 1 is 1.47 bits per heavy atom. The normalized spacial score (nSPS) is 14.6. The fourth-order valence-electron chi connectivity index (χ4n) is 1.58. The lowest BCUT2D eigenvalue weighted by Crippen LogP contribution is -1.82. The second-order valence-corrected chi connectivity index (χ2v) is 3.57. The van der Waals surface area contributed by atoms with Crippen LogP contribution in [-0.2, 0) is 4.74 Å². The summed E-state index contributed by atoms with van der Waals surface area (Å²) < 4.78 is 10.5. The molecule has 0 radical (unpaired) electrons. The molecule has 0 saturated carbocycles. The number of hydrogen-bond donors (Lipinski definition) is 1. The van der Waals surface area contributed by atoms with Gasteiger partial charge in [-0.2, -0.15) is 5.26 Å². The molecule has 0 fully saturated rings. The first kappa shape index (κ1) is 11.1. The van der Waals surface area contributed by atoms with E-state index in [0.29, 0.717) is 17.7 Å². The maximum Gasteiger partial charge on any atom is 0.208 e. The van der Waals surface area contributed by atoms with Gasteiger partial charge in [-0.3, -0.25) is 0 Å². The van der Waals surface area contributed by atoms with E-state index in [2.05, 4.69) is 0 Å². The van der Waals surface area contributed by atoms with Gasteiger partial charge in [0, 0.05) is 6.07 Å². The molecule has 0 spiro atoms. The van der Waals surface area contributed by atoms with Gasteiger partial charge < -0.3 is 14.9 Å². The number of allylic oxidation sites excluding steroid dienone is 5. The maximum atomic E-state index is 8.81. The number of nitrogens with zero attached hydrogens (tertiary/aromatic N) is 1. The Morgan fingerprint density at radius 2 is 2.29 bits per heavy atom. The van der Waals surface area contributed by atoms with Crippen LogP contribution >= 0.6 is 0 Å². The second kappa shape index (κ2) is 4.62. The molecule has 1 aromatic rings. The highest BCUT2D eigenvalue weighted by Crippen LogP contribution is 2.27. The van der Waals surface area contributed by atoms with Gasteiger partial charge in [-0.25, -0.2) is 0 Å². The zero-order chi connectivity index (χ0) is 12.3. The molecule has 2 N–H and O–H groups in total. The Labute approximate surface area is 99.3 Å². The monoisotopic (exact) mass is 228 g/mol. The Kier molecular flexibility index (Phi) is 3.01. The van der Waals surface area contributed by atoms with E-state index in [9.17, 15) is 0 Å². The van der Waals surface area contributed by atoms with Crippen LogP contribution in [0, 0.1) is 11.3 Å². The predicted octanol–water partition coefficient (Wildman–Crippen LogP) is 2.61. The standard InChI is InChI=1S/C13H12N2O2/c1-16-11-4-2-3-9(5-6-11)12-7-10(8-14)13(15)17-12/h2,4-7H,3,15H2,1H3. The van der Waals surface area contributed by atoms with Crippen LogP contribution < -0.4 is 5.73 Å². The molecule has 1 aliphatic rings. The van der Waals surface area contributed by atoms with E-state index in [1.165, 1.54) is 0 Å². The van der Waals surface area contributed by atoms with Crippen molar-refractivity contribution in [3.8, 4) is 6.07 Å². The van der Waals surface area contributed by atoms with E-state index in [4.69, 9.17) is 20.1 Å². The molecule has 1 heterocycles. The smallest absolute Gasteiger partial charge is 0.208 e. The molecule has 86 valence electrons. The molecule has 0 atom stereocenters. The lowest BCUT2D eigenvalue weighted by Gasteiger charge is -1.97. The Morgan fingerprint density at radius 3 is 2.94 bits per heavy atom. The number of ether oxygens (including phenoxy) is 1. The molecule has 0 aliphatic heterocycles. The SMILES string of the molecule is COC1=CC=C(c2cc(C#N)c(N)o2)CC=C1. The van der Waals surface area contributed by atoms with Crippen LogP contribution in [0.4, 0.5) is 5.88 Å². The summed E-state index contributed by atoms with van der Waals surface area (Å²) in [5.74, 6) is 1.56. The van der Waals surface area contributed by atoms with Crippen molar-refractivity contribution in [1.29, 1.82) is 5.26 Å². The minimum absolute atomic E-state index is 0.160. The van der Waals surface area contributed by atoms with Gasteiger partial charge in [-0.15, -0.1) is 0 Å². The van der Waals surface area contributed by atoms with Crippen LogP contribution in [0.2, 0.25) is 0 Å². The topological polar surface area (TPSA) is 72.2 Å². The number of nitrogen functional groups attached to an aromatic ring is 1. The molecule has 0 saturated heterocycles. The second-order valence-electron chi connectivity index (χ2n) is 3.57. The van der Waals surface area contributed by atoms with Crippen molar-refractivity contribution in [2.75, 3.05) is 12.8 Å². The molecule has 0 unspecified atom stereocenters. The number of nitrogens with two attached hydrogens (primary N) is 1. The molecule has 1 aromatic heterocycles. The van der Waals surface area contributed by atoms with E-state index in [1.807, 2.05) is 30.4 Å². The molecular weight excluding hydrogens is 216 g/mol. The number of furan rings is 1. The van der Waals surface area contributed by atoms with Crippen LogP contribution in [-0.4, -0.2) is 7.11 Å². The van der Waals surface area contributed by atoms with Gasteiger partial charge in [0.25, 0.3) is 0 Å². The van der Waals surface area contributed by atoms with Crippen molar-refractivity contribution in [3.63, 3.8) is 0 Å². The van der Waals surface area contributed by atoms with Gasteiger partial charge in [-0.05, 0) is 24.1 Å². The minimum Gasteiger partial charge on any atom is -0.497 e. The molecule has 1 aliphatic carbocycles. The van der Waals surface area contributed by atoms with E-state index in [-0.39, 0.29) is 5.88 Å². The summed E-state index contributed by atoms with van der Waals surface area (Å²) in [6, 6.07) is 3.64. The molecule has 0 aromatic carbocycles. The molecule has 0 bridgehead atoms. The summed E-state index contributed by atoms with van der Waals surface area (Å²) in [4.78, 5) is 0. The third-order valence-electron chi connectivity index (χ3n) is 2.50. The quantitative estimate of drug-likeness (QED) is 0.844. The number of nitriles is 1. The first-order valence-electron chi connectivity index (χ1n) is 5.15. The van der Waals surface area contributed by atoms with Crippen molar-refractivity contribution in [2.45, 2.75) is 6.42 Å². The largest absolute Gasteiger partial charge is 0.497 e. The average Bonchev–Trinajstić information content (AvgIpc) is 2.58.